The van der Waals surface area contributed by atoms with Gasteiger partial charge in [0, 0.05) is 16.1 Å². The van der Waals surface area contributed by atoms with Crippen LogP contribution in [0.25, 0.3) is 0 Å². The Morgan fingerprint density at radius 3 is 2.78 bits per heavy atom. The highest BCUT2D eigenvalue weighted by atomic mass is 35.5. The van der Waals surface area contributed by atoms with E-state index in [2.05, 4.69) is 5.32 Å². The molecule has 1 saturated carbocycles. The fraction of sp³-hybridized carbons (Fsp3) is 0.462. The second-order valence-electron chi connectivity index (χ2n) is 4.29. The van der Waals surface area contributed by atoms with Gasteiger partial charge < -0.3 is 4.74 Å². The molecule has 5 heteroatoms. The summed E-state index contributed by atoms with van der Waals surface area (Å²) in [5, 5.41) is 4.28. The molecule has 98 valence electrons. The Kier molecular flexibility index (Phi) is 4.49. The molecule has 0 saturated heterocycles. The van der Waals surface area contributed by atoms with Gasteiger partial charge in [-0.05, 0) is 37.5 Å². The summed E-state index contributed by atoms with van der Waals surface area (Å²) < 4.78 is 5.08. The summed E-state index contributed by atoms with van der Waals surface area (Å²) in [4.78, 5) is 12.0. The van der Waals surface area contributed by atoms with E-state index < -0.39 is 6.04 Å². The SMILES string of the molecule is CCOC(=O)[C@@H](NC1CC1)c1ccc(Cl)cc1Cl. The van der Waals surface area contributed by atoms with Crippen LogP contribution in [0.15, 0.2) is 18.2 Å². The van der Waals surface area contributed by atoms with Crippen molar-refractivity contribution in [1.29, 1.82) is 0 Å². The summed E-state index contributed by atoms with van der Waals surface area (Å²) >= 11 is 12.0. The number of rotatable bonds is 5. The van der Waals surface area contributed by atoms with Crippen LogP contribution in [0.4, 0.5) is 0 Å². The maximum atomic E-state index is 12.0. The highest BCUT2D eigenvalue weighted by molar-refractivity contribution is 6.35. The van der Waals surface area contributed by atoms with E-state index in [0.717, 1.165) is 12.8 Å². The van der Waals surface area contributed by atoms with Gasteiger partial charge in [0.15, 0.2) is 0 Å². The third-order valence-corrected chi connectivity index (χ3v) is 3.34. The third kappa shape index (κ3) is 3.37. The van der Waals surface area contributed by atoms with Gasteiger partial charge in [0.1, 0.15) is 6.04 Å². The molecule has 1 N–H and O–H groups in total. The molecule has 1 aliphatic rings. The van der Waals surface area contributed by atoms with E-state index in [9.17, 15) is 4.79 Å². The number of hydrogen-bond donors (Lipinski definition) is 1. The molecule has 0 bridgehead atoms. The molecule has 1 aromatic rings. The summed E-state index contributed by atoms with van der Waals surface area (Å²) in [6.45, 7) is 2.14. The Hall–Kier alpha value is -0.770. The lowest BCUT2D eigenvalue weighted by molar-refractivity contribution is -0.145. The van der Waals surface area contributed by atoms with E-state index in [1.165, 1.54) is 0 Å². The van der Waals surface area contributed by atoms with Gasteiger partial charge in [-0.25, -0.2) is 4.79 Å². The molecular weight excluding hydrogens is 273 g/mol. The van der Waals surface area contributed by atoms with Crippen LogP contribution in [0.2, 0.25) is 10.0 Å². The molecule has 3 nitrogen and oxygen atoms in total. The van der Waals surface area contributed by atoms with Crippen molar-refractivity contribution in [2.45, 2.75) is 31.8 Å². The molecule has 0 radical (unpaired) electrons. The normalized spacial score (nSPS) is 16.4. The van der Waals surface area contributed by atoms with E-state index in [-0.39, 0.29) is 5.97 Å². The highest BCUT2D eigenvalue weighted by Crippen LogP contribution is 2.30. The monoisotopic (exact) mass is 287 g/mol. The van der Waals surface area contributed by atoms with Crippen LogP contribution >= 0.6 is 23.2 Å². The van der Waals surface area contributed by atoms with Crippen molar-refractivity contribution in [3.8, 4) is 0 Å². The van der Waals surface area contributed by atoms with Crippen molar-refractivity contribution < 1.29 is 9.53 Å². The van der Waals surface area contributed by atoms with Gasteiger partial charge in [-0.15, -0.1) is 0 Å². The second-order valence-corrected chi connectivity index (χ2v) is 5.14. The quantitative estimate of drug-likeness (QED) is 0.844. The van der Waals surface area contributed by atoms with E-state index >= 15 is 0 Å². The minimum atomic E-state index is -0.512. The molecule has 2 rings (SSSR count). The number of nitrogens with one attached hydrogen (secondary N) is 1. The Bertz CT molecular complexity index is 447. The van der Waals surface area contributed by atoms with Gasteiger partial charge in [0.25, 0.3) is 0 Å². The summed E-state index contributed by atoms with van der Waals surface area (Å²) in [6, 6.07) is 5.00. The first-order valence-electron chi connectivity index (χ1n) is 5.99. The predicted molar refractivity (Wildman–Crippen MR) is 72.0 cm³/mol. The number of benzene rings is 1. The summed E-state index contributed by atoms with van der Waals surface area (Å²) in [5.41, 5.74) is 0.714. The van der Waals surface area contributed by atoms with Crippen molar-refractivity contribution in [2.24, 2.45) is 0 Å². The summed E-state index contributed by atoms with van der Waals surface area (Å²) in [6.07, 6.45) is 2.17. The first kappa shape index (κ1) is 13.7. The Morgan fingerprint density at radius 1 is 1.50 bits per heavy atom. The number of carbonyl (C=O) groups is 1. The molecular formula is C13H15Cl2NO2. The van der Waals surface area contributed by atoms with Crippen molar-refractivity contribution in [2.75, 3.05) is 6.61 Å². The first-order valence-corrected chi connectivity index (χ1v) is 6.75. The minimum absolute atomic E-state index is 0.298. The topological polar surface area (TPSA) is 38.3 Å². The Balaban J connectivity index is 2.23. The molecule has 18 heavy (non-hydrogen) atoms. The number of esters is 1. The molecule has 0 amide bonds. The molecule has 1 atom stereocenters. The van der Waals surface area contributed by atoms with Gasteiger partial charge in [-0.1, -0.05) is 29.3 Å². The van der Waals surface area contributed by atoms with Gasteiger partial charge in [-0.2, -0.15) is 0 Å². The minimum Gasteiger partial charge on any atom is -0.465 e. The Morgan fingerprint density at radius 2 is 2.22 bits per heavy atom. The van der Waals surface area contributed by atoms with Crippen LogP contribution in [0.1, 0.15) is 31.4 Å². The van der Waals surface area contributed by atoms with Gasteiger partial charge in [0.2, 0.25) is 0 Å². The molecule has 1 aromatic carbocycles. The van der Waals surface area contributed by atoms with Crippen LogP contribution in [-0.2, 0) is 9.53 Å². The lowest BCUT2D eigenvalue weighted by atomic mass is 10.1. The highest BCUT2D eigenvalue weighted by Gasteiger charge is 2.31. The molecule has 0 aliphatic heterocycles. The number of ether oxygens (including phenoxy) is 1. The molecule has 0 spiro atoms. The largest absolute Gasteiger partial charge is 0.465 e. The van der Waals surface area contributed by atoms with Gasteiger partial charge in [0.05, 0.1) is 6.61 Å². The first-order chi connectivity index (χ1) is 8.61. The zero-order chi connectivity index (χ0) is 13.1. The lowest BCUT2D eigenvalue weighted by Crippen LogP contribution is -2.32. The van der Waals surface area contributed by atoms with E-state index in [0.29, 0.717) is 28.3 Å². The van der Waals surface area contributed by atoms with Crippen LogP contribution < -0.4 is 5.32 Å². The van der Waals surface area contributed by atoms with Crippen molar-refractivity contribution >= 4 is 29.2 Å². The van der Waals surface area contributed by atoms with Crippen LogP contribution in [0.5, 0.6) is 0 Å². The molecule has 0 aromatic heterocycles. The molecule has 1 aliphatic carbocycles. The van der Waals surface area contributed by atoms with Gasteiger partial charge in [-0.3, -0.25) is 5.32 Å². The van der Waals surface area contributed by atoms with Crippen molar-refractivity contribution in [3.05, 3.63) is 33.8 Å². The number of carbonyl (C=O) groups excluding carboxylic acids is 1. The smallest absolute Gasteiger partial charge is 0.327 e. The maximum absolute atomic E-state index is 12.0. The molecule has 0 heterocycles. The van der Waals surface area contributed by atoms with Crippen molar-refractivity contribution in [1.82, 2.24) is 5.32 Å². The van der Waals surface area contributed by atoms with Crippen LogP contribution in [0, 0.1) is 0 Å². The second kappa shape index (κ2) is 5.91. The summed E-state index contributed by atoms with van der Waals surface area (Å²) in [5.74, 6) is -0.298. The van der Waals surface area contributed by atoms with Crippen molar-refractivity contribution in [3.63, 3.8) is 0 Å². The summed E-state index contributed by atoms with van der Waals surface area (Å²) in [7, 11) is 0. The lowest BCUT2D eigenvalue weighted by Gasteiger charge is -2.18. The van der Waals surface area contributed by atoms with Crippen LogP contribution in [-0.4, -0.2) is 18.6 Å². The fourth-order valence-corrected chi connectivity index (χ4v) is 2.25. The van der Waals surface area contributed by atoms with Crippen LogP contribution in [0.3, 0.4) is 0 Å². The number of halogens is 2. The zero-order valence-electron chi connectivity index (χ0n) is 10.1. The number of hydrogen-bond acceptors (Lipinski definition) is 3. The standard InChI is InChI=1S/C13H15Cl2NO2/c1-2-18-13(17)12(16-9-4-5-9)10-6-3-8(14)7-11(10)15/h3,6-7,9,12,16H,2,4-5H2,1H3/t12-/m0/s1. The zero-order valence-corrected chi connectivity index (χ0v) is 11.6. The van der Waals surface area contributed by atoms with E-state index in [4.69, 9.17) is 27.9 Å². The van der Waals surface area contributed by atoms with Gasteiger partial charge >= 0.3 is 5.97 Å². The molecule has 0 unspecified atom stereocenters. The fourth-order valence-electron chi connectivity index (χ4n) is 1.73. The van der Waals surface area contributed by atoms with E-state index in [1.807, 2.05) is 0 Å². The molecule has 1 fully saturated rings. The van der Waals surface area contributed by atoms with E-state index in [1.54, 1.807) is 25.1 Å². The predicted octanol–water partition coefficient (Wildman–Crippen LogP) is 3.35. The third-order valence-electron chi connectivity index (χ3n) is 2.78. The average molecular weight is 288 g/mol. The maximum Gasteiger partial charge on any atom is 0.327 e. The average Bonchev–Trinajstić information content (AvgIpc) is 3.11. The Labute approximate surface area is 116 Å².